The molecule has 0 fully saturated rings. The molecule has 0 N–H and O–H groups in total. The Kier molecular flexibility index (Phi) is 6.19. The number of allylic oxidation sites excluding steroid dienone is 3. The molecule has 1 rings (SSSR count). The van der Waals surface area contributed by atoms with E-state index in [4.69, 9.17) is 0 Å². The van der Waals surface area contributed by atoms with Crippen molar-refractivity contribution in [2.24, 2.45) is 5.16 Å². The molecule has 0 saturated heterocycles. The van der Waals surface area contributed by atoms with E-state index < -0.39 is 0 Å². The minimum Gasteiger partial charge on any atom is -0.399 e. The summed E-state index contributed by atoms with van der Waals surface area (Å²) in [6.07, 6.45) is 9.03. The second-order valence-electron chi connectivity index (χ2n) is 3.63. The zero-order valence-corrected chi connectivity index (χ0v) is 10.7. The van der Waals surface area contributed by atoms with Crippen LogP contribution in [-0.2, 0) is 16.1 Å². The van der Waals surface area contributed by atoms with E-state index in [1.165, 1.54) is 18.7 Å². The summed E-state index contributed by atoms with van der Waals surface area (Å²) >= 11 is 0. The number of carbonyl (C=O) groups excluding carboxylic acids is 1. The number of nitrogens with zero attached hydrogens (tertiary/aromatic N) is 1. The first-order valence-electron chi connectivity index (χ1n) is 5.80. The lowest BCUT2D eigenvalue weighted by Gasteiger charge is -1.96. The standard InChI is InChI=1S/C15H17NO2/c1-3-13-8-10-14(11-9-13)6-4-5-7-15(17)12-16-18-2/h4-12H,3H2,1-2H3/b6-4+,7-5+,16-12+. The number of carbonyl (C=O) groups is 1. The van der Waals surface area contributed by atoms with Gasteiger partial charge < -0.3 is 4.84 Å². The van der Waals surface area contributed by atoms with Gasteiger partial charge >= 0.3 is 0 Å². The Labute approximate surface area is 107 Å². The second kappa shape index (κ2) is 8.01. The summed E-state index contributed by atoms with van der Waals surface area (Å²) in [5.41, 5.74) is 2.42. The molecule has 0 aliphatic carbocycles. The van der Waals surface area contributed by atoms with Crippen molar-refractivity contribution in [3.8, 4) is 0 Å². The van der Waals surface area contributed by atoms with Gasteiger partial charge in [-0.1, -0.05) is 54.6 Å². The highest BCUT2D eigenvalue weighted by Gasteiger charge is 1.89. The summed E-state index contributed by atoms with van der Waals surface area (Å²) < 4.78 is 0. The molecule has 1 aromatic carbocycles. The monoisotopic (exact) mass is 243 g/mol. The van der Waals surface area contributed by atoms with Crippen LogP contribution in [0.25, 0.3) is 6.08 Å². The van der Waals surface area contributed by atoms with E-state index in [-0.39, 0.29) is 5.78 Å². The number of hydrogen-bond acceptors (Lipinski definition) is 3. The van der Waals surface area contributed by atoms with Gasteiger partial charge in [0.15, 0.2) is 5.78 Å². The minimum atomic E-state index is -0.206. The van der Waals surface area contributed by atoms with Crippen LogP contribution in [0.3, 0.4) is 0 Å². The first kappa shape index (κ1) is 13.9. The van der Waals surface area contributed by atoms with Crippen molar-refractivity contribution in [2.75, 3.05) is 7.11 Å². The van der Waals surface area contributed by atoms with Gasteiger partial charge in [-0.05, 0) is 23.6 Å². The Balaban J connectivity index is 2.51. The Morgan fingerprint density at radius 3 is 2.61 bits per heavy atom. The first-order valence-corrected chi connectivity index (χ1v) is 5.80. The van der Waals surface area contributed by atoms with Gasteiger partial charge in [-0.2, -0.15) is 0 Å². The lowest BCUT2D eigenvalue weighted by Crippen LogP contribution is -1.92. The maximum atomic E-state index is 11.1. The third-order valence-electron chi connectivity index (χ3n) is 2.33. The molecule has 3 heteroatoms. The third kappa shape index (κ3) is 5.25. The summed E-state index contributed by atoms with van der Waals surface area (Å²) in [5.74, 6) is -0.206. The summed E-state index contributed by atoms with van der Waals surface area (Å²) in [6, 6.07) is 8.30. The zero-order valence-electron chi connectivity index (χ0n) is 10.7. The molecule has 94 valence electrons. The molecule has 3 nitrogen and oxygen atoms in total. The maximum Gasteiger partial charge on any atom is 0.200 e. The van der Waals surface area contributed by atoms with Gasteiger partial charge in [0.05, 0.1) is 0 Å². The number of oxime groups is 1. The fraction of sp³-hybridized carbons (Fsp3) is 0.200. The highest BCUT2D eigenvalue weighted by Crippen LogP contribution is 2.06. The van der Waals surface area contributed by atoms with Crippen LogP contribution < -0.4 is 0 Å². The lowest BCUT2D eigenvalue weighted by atomic mass is 10.1. The summed E-state index contributed by atoms with van der Waals surface area (Å²) in [5, 5.41) is 3.38. The van der Waals surface area contributed by atoms with Crippen molar-refractivity contribution in [1.82, 2.24) is 0 Å². The van der Waals surface area contributed by atoms with Gasteiger partial charge in [-0.15, -0.1) is 0 Å². The number of ketones is 1. The Bertz CT molecular complexity index is 456. The molecule has 0 aliphatic heterocycles. The second-order valence-corrected chi connectivity index (χ2v) is 3.63. The van der Waals surface area contributed by atoms with E-state index in [9.17, 15) is 4.79 Å². The Hall–Kier alpha value is -2.16. The van der Waals surface area contributed by atoms with Crippen LogP contribution in [0.1, 0.15) is 18.1 Å². The molecule has 18 heavy (non-hydrogen) atoms. The molecule has 0 bridgehead atoms. The summed E-state index contributed by atoms with van der Waals surface area (Å²) in [6.45, 7) is 2.13. The number of hydrogen-bond donors (Lipinski definition) is 0. The predicted molar refractivity (Wildman–Crippen MR) is 74.5 cm³/mol. The van der Waals surface area contributed by atoms with Crippen molar-refractivity contribution in [2.45, 2.75) is 13.3 Å². The van der Waals surface area contributed by atoms with Crippen molar-refractivity contribution in [1.29, 1.82) is 0 Å². The van der Waals surface area contributed by atoms with E-state index in [1.807, 2.05) is 12.2 Å². The van der Waals surface area contributed by atoms with E-state index in [2.05, 4.69) is 41.2 Å². The minimum absolute atomic E-state index is 0.206. The van der Waals surface area contributed by atoms with Crippen LogP contribution in [0, 0.1) is 0 Å². The van der Waals surface area contributed by atoms with Gasteiger partial charge in [0.2, 0.25) is 0 Å². The van der Waals surface area contributed by atoms with E-state index in [0.29, 0.717) is 0 Å². The van der Waals surface area contributed by atoms with E-state index in [0.717, 1.165) is 18.2 Å². The van der Waals surface area contributed by atoms with Gasteiger partial charge in [0.1, 0.15) is 13.3 Å². The van der Waals surface area contributed by atoms with Crippen molar-refractivity contribution >= 4 is 18.1 Å². The Morgan fingerprint density at radius 1 is 1.28 bits per heavy atom. The molecule has 0 saturated carbocycles. The SMILES string of the molecule is CCc1ccc(/C=C/C=C/C(=O)/C=N/OC)cc1. The fourth-order valence-corrected chi connectivity index (χ4v) is 1.33. The smallest absolute Gasteiger partial charge is 0.200 e. The van der Waals surface area contributed by atoms with Crippen molar-refractivity contribution < 1.29 is 9.63 Å². The van der Waals surface area contributed by atoms with Crippen LogP contribution in [0.2, 0.25) is 0 Å². The van der Waals surface area contributed by atoms with Gasteiger partial charge in [0, 0.05) is 0 Å². The van der Waals surface area contributed by atoms with E-state index >= 15 is 0 Å². The van der Waals surface area contributed by atoms with Crippen molar-refractivity contribution in [3.05, 3.63) is 53.6 Å². The number of aryl methyl sites for hydroxylation is 1. The normalized spacial score (nSPS) is 11.7. The van der Waals surface area contributed by atoms with Crippen LogP contribution >= 0.6 is 0 Å². The largest absolute Gasteiger partial charge is 0.399 e. The molecule has 0 spiro atoms. The van der Waals surface area contributed by atoms with Crippen LogP contribution in [0.4, 0.5) is 0 Å². The van der Waals surface area contributed by atoms with Gasteiger partial charge in [0.25, 0.3) is 0 Å². The highest BCUT2D eigenvalue weighted by molar-refractivity contribution is 6.32. The molecule has 0 atom stereocenters. The molecule has 0 aromatic heterocycles. The third-order valence-corrected chi connectivity index (χ3v) is 2.33. The van der Waals surface area contributed by atoms with E-state index in [1.54, 1.807) is 6.08 Å². The molecule has 0 unspecified atom stereocenters. The maximum absolute atomic E-state index is 11.1. The molecule has 0 amide bonds. The lowest BCUT2D eigenvalue weighted by molar-refractivity contribution is -0.108. The molecular weight excluding hydrogens is 226 g/mol. The number of rotatable bonds is 6. The predicted octanol–water partition coefficient (Wildman–Crippen LogP) is 3.02. The van der Waals surface area contributed by atoms with Crippen LogP contribution in [0.5, 0.6) is 0 Å². The molecular formula is C15H17NO2. The fourth-order valence-electron chi connectivity index (χ4n) is 1.33. The van der Waals surface area contributed by atoms with Gasteiger partial charge in [-0.25, -0.2) is 0 Å². The van der Waals surface area contributed by atoms with Crippen molar-refractivity contribution in [3.63, 3.8) is 0 Å². The Morgan fingerprint density at radius 2 is 2.00 bits per heavy atom. The average molecular weight is 243 g/mol. The van der Waals surface area contributed by atoms with Crippen LogP contribution in [-0.4, -0.2) is 19.1 Å². The highest BCUT2D eigenvalue weighted by atomic mass is 16.6. The summed E-state index contributed by atoms with van der Waals surface area (Å²) in [4.78, 5) is 15.6. The molecule has 0 aliphatic rings. The topological polar surface area (TPSA) is 38.7 Å². The average Bonchev–Trinajstić information content (AvgIpc) is 2.42. The molecule has 0 radical (unpaired) electrons. The molecule has 0 heterocycles. The summed E-state index contributed by atoms with van der Waals surface area (Å²) in [7, 11) is 1.40. The number of benzene rings is 1. The first-order chi connectivity index (χ1) is 8.76. The quantitative estimate of drug-likeness (QED) is 0.333. The van der Waals surface area contributed by atoms with Crippen LogP contribution in [0.15, 0.2) is 47.6 Å². The van der Waals surface area contributed by atoms with Gasteiger partial charge in [-0.3, -0.25) is 4.79 Å². The zero-order chi connectivity index (χ0) is 13.2. The molecule has 1 aromatic rings.